The molecular weight excluding hydrogens is 350 g/mol. The zero-order chi connectivity index (χ0) is 20.8. The van der Waals surface area contributed by atoms with Crippen molar-refractivity contribution < 1.29 is 39.6 Å². The molecule has 0 aromatic carbocycles. The number of carbonyl (C=O) groups is 4. The topological polar surface area (TPSA) is 185 Å². The molecule has 1 saturated heterocycles. The lowest BCUT2D eigenvalue weighted by atomic mass is 10.2. The Bertz CT molecular complexity index is 329. The lowest BCUT2D eigenvalue weighted by molar-refractivity contribution is -0.139. The van der Waals surface area contributed by atoms with E-state index in [9.17, 15) is 9.59 Å². The number of hydrogen-bond acceptors (Lipinski definition) is 7. The van der Waals surface area contributed by atoms with Crippen molar-refractivity contribution in [3.8, 4) is 0 Å². The second-order valence-electron chi connectivity index (χ2n) is 5.07. The van der Waals surface area contributed by atoms with Crippen LogP contribution in [0.4, 0.5) is 0 Å². The molecule has 0 saturated carbocycles. The molecule has 154 valence electrons. The first-order valence-corrected chi connectivity index (χ1v) is 8.13. The first-order valence-electron chi connectivity index (χ1n) is 8.13. The van der Waals surface area contributed by atoms with Crippen LogP contribution >= 0.6 is 0 Å². The summed E-state index contributed by atoms with van der Waals surface area (Å²) in [6, 6.07) is 0. The third kappa shape index (κ3) is 57.6. The van der Waals surface area contributed by atoms with E-state index in [4.69, 9.17) is 30.0 Å². The van der Waals surface area contributed by atoms with E-state index in [1.165, 1.54) is 25.7 Å². The SMILES string of the molecule is C1CCCNNNCC1.CC(=O)O.CC(=O)O.O=C(O)CCCC(=O)O. The van der Waals surface area contributed by atoms with Crippen LogP contribution in [0.1, 0.15) is 58.8 Å². The Kier molecular flexibility index (Phi) is 25.0. The van der Waals surface area contributed by atoms with Crippen molar-refractivity contribution in [3.05, 3.63) is 0 Å². The Hall–Kier alpha value is -2.24. The summed E-state index contributed by atoms with van der Waals surface area (Å²) in [4.78, 5) is 37.6. The minimum Gasteiger partial charge on any atom is -0.481 e. The van der Waals surface area contributed by atoms with Crippen LogP contribution in [0.15, 0.2) is 0 Å². The third-order valence-corrected chi connectivity index (χ3v) is 2.31. The van der Waals surface area contributed by atoms with Crippen molar-refractivity contribution >= 4 is 23.9 Å². The molecule has 11 nitrogen and oxygen atoms in total. The lowest BCUT2D eigenvalue weighted by Crippen LogP contribution is -2.43. The molecule has 26 heavy (non-hydrogen) atoms. The van der Waals surface area contributed by atoms with Crippen LogP contribution in [-0.2, 0) is 19.2 Å². The molecule has 1 aliphatic rings. The number of carboxylic acids is 4. The van der Waals surface area contributed by atoms with Crippen LogP contribution in [0.2, 0.25) is 0 Å². The highest BCUT2D eigenvalue weighted by atomic mass is 16.4. The maximum Gasteiger partial charge on any atom is 0.303 e. The Labute approximate surface area is 152 Å². The minimum atomic E-state index is -0.948. The average molecular weight is 381 g/mol. The molecule has 1 aliphatic heterocycles. The molecule has 0 aromatic rings. The molecule has 11 heteroatoms. The van der Waals surface area contributed by atoms with E-state index in [0.717, 1.165) is 26.9 Å². The van der Waals surface area contributed by atoms with Crippen LogP contribution in [0, 0.1) is 0 Å². The molecule has 0 amide bonds. The van der Waals surface area contributed by atoms with Gasteiger partial charge in [-0.2, -0.15) is 5.53 Å². The molecule has 0 spiro atoms. The van der Waals surface area contributed by atoms with Gasteiger partial charge in [0.15, 0.2) is 0 Å². The van der Waals surface area contributed by atoms with E-state index in [1.807, 2.05) is 0 Å². The van der Waals surface area contributed by atoms with E-state index in [-0.39, 0.29) is 19.3 Å². The predicted octanol–water partition coefficient (Wildman–Crippen LogP) is 0.667. The second-order valence-corrected chi connectivity index (χ2v) is 5.07. The van der Waals surface area contributed by atoms with Crippen molar-refractivity contribution in [1.29, 1.82) is 0 Å². The summed E-state index contributed by atoms with van der Waals surface area (Å²) in [5.74, 6) is -3.56. The van der Waals surface area contributed by atoms with Gasteiger partial charge in [0.2, 0.25) is 0 Å². The van der Waals surface area contributed by atoms with Crippen molar-refractivity contribution in [2.75, 3.05) is 13.1 Å². The fourth-order valence-electron chi connectivity index (χ4n) is 1.36. The Morgan fingerprint density at radius 1 is 0.692 bits per heavy atom. The van der Waals surface area contributed by atoms with Crippen LogP contribution in [-0.4, -0.2) is 57.4 Å². The number of aliphatic carboxylic acids is 4. The van der Waals surface area contributed by atoms with E-state index in [2.05, 4.69) is 16.4 Å². The molecule has 1 heterocycles. The molecule has 1 fully saturated rings. The molecule has 0 radical (unpaired) electrons. The number of hydrazine groups is 2. The smallest absolute Gasteiger partial charge is 0.303 e. The number of carboxylic acid groups (broad SMARTS) is 4. The van der Waals surface area contributed by atoms with Gasteiger partial charge in [-0.15, -0.1) is 0 Å². The highest BCUT2D eigenvalue weighted by molar-refractivity contribution is 5.69. The summed E-state index contributed by atoms with van der Waals surface area (Å²) in [7, 11) is 0. The maximum absolute atomic E-state index is 9.79. The molecule has 0 aromatic heterocycles. The van der Waals surface area contributed by atoms with Gasteiger partial charge < -0.3 is 20.4 Å². The average Bonchev–Trinajstić information content (AvgIpc) is 2.61. The molecule has 0 atom stereocenters. The summed E-state index contributed by atoms with van der Waals surface area (Å²) in [5.41, 5.74) is 9.06. The lowest BCUT2D eigenvalue weighted by Gasteiger charge is -2.03. The van der Waals surface area contributed by atoms with Gasteiger partial charge in [0.05, 0.1) is 0 Å². The quantitative estimate of drug-likeness (QED) is 0.363. The highest BCUT2D eigenvalue weighted by Gasteiger charge is 1.99. The minimum absolute atomic E-state index is 0.0632. The zero-order valence-electron chi connectivity index (χ0n) is 15.3. The standard InChI is InChI=1S/C6H15N3.C5H8O4.2C2H4O2/c1-2-4-6-8-9-7-5-3-1;6-4(7)2-1-3-5(8)9;2*1-2(3)4/h7-9H,1-6H2;1-3H2,(H,6,7)(H,8,9);2*1H3,(H,3,4). The maximum atomic E-state index is 9.79. The molecule has 1 rings (SSSR count). The van der Waals surface area contributed by atoms with E-state index < -0.39 is 23.9 Å². The van der Waals surface area contributed by atoms with E-state index in [0.29, 0.717) is 0 Å². The predicted molar refractivity (Wildman–Crippen MR) is 93.4 cm³/mol. The fraction of sp³-hybridized carbons (Fsp3) is 0.733. The van der Waals surface area contributed by atoms with Crippen LogP contribution < -0.4 is 16.4 Å². The van der Waals surface area contributed by atoms with E-state index in [1.54, 1.807) is 0 Å². The molecular formula is C15H31N3O8. The summed E-state index contributed by atoms with van der Waals surface area (Å²) in [5, 5.41) is 30.9. The van der Waals surface area contributed by atoms with Crippen LogP contribution in [0.3, 0.4) is 0 Å². The van der Waals surface area contributed by atoms with Gasteiger partial charge in [-0.25, -0.2) is 10.9 Å². The first-order chi connectivity index (χ1) is 12.1. The van der Waals surface area contributed by atoms with Crippen molar-refractivity contribution in [3.63, 3.8) is 0 Å². The summed E-state index contributed by atoms with van der Waals surface area (Å²) in [6.45, 7) is 4.32. The second kappa shape index (κ2) is 22.8. The van der Waals surface area contributed by atoms with Gasteiger partial charge >= 0.3 is 11.9 Å². The number of hydrogen-bond donors (Lipinski definition) is 7. The summed E-state index contributed by atoms with van der Waals surface area (Å²) in [6.07, 6.45) is 5.37. The summed E-state index contributed by atoms with van der Waals surface area (Å²) >= 11 is 0. The van der Waals surface area contributed by atoms with Crippen LogP contribution in [0.25, 0.3) is 0 Å². The van der Waals surface area contributed by atoms with Gasteiger partial charge in [0, 0.05) is 39.8 Å². The van der Waals surface area contributed by atoms with Crippen LogP contribution in [0.5, 0.6) is 0 Å². The van der Waals surface area contributed by atoms with Crippen molar-refractivity contribution in [2.24, 2.45) is 0 Å². The van der Waals surface area contributed by atoms with Gasteiger partial charge in [-0.1, -0.05) is 12.8 Å². The van der Waals surface area contributed by atoms with Crippen molar-refractivity contribution in [1.82, 2.24) is 16.4 Å². The normalized spacial score (nSPS) is 13.3. The number of nitrogens with one attached hydrogen (secondary N) is 3. The Balaban J connectivity index is -0.000000293. The first kappa shape index (κ1) is 28.6. The molecule has 0 aliphatic carbocycles. The number of rotatable bonds is 4. The van der Waals surface area contributed by atoms with E-state index >= 15 is 0 Å². The van der Waals surface area contributed by atoms with Gasteiger partial charge in [0.25, 0.3) is 11.9 Å². The summed E-state index contributed by atoms with van der Waals surface area (Å²) < 4.78 is 0. The van der Waals surface area contributed by atoms with Gasteiger partial charge in [0.1, 0.15) is 0 Å². The Morgan fingerprint density at radius 2 is 1.00 bits per heavy atom. The fourth-order valence-corrected chi connectivity index (χ4v) is 1.36. The molecule has 0 bridgehead atoms. The Morgan fingerprint density at radius 3 is 1.27 bits per heavy atom. The van der Waals surface area contributed by atoms with Gasteiger partial charge in [-0.3, -0.25) is 19.2 Å². The largest absolute Gasteiger partial charge is 0.481 e. The zero-order valence-corrected chi connectivity index (χ0v) is 15.3. The highest BCUT2D eigenvalue weighted by Crippen LogP contribution is 1.97. The third-order valence-electron chi connectivity index (χ3n) is 2.31. The van der Waals surface area contributed by atoms with Crippen molar-refractivity contribution in [2.45, 2.75) is 58.8 Å². The van der Waals surface area contributed by atoms with Gasteiger partial charge in [-0.05, 0) is 19.3 Å². The molecule has 7 N–H and O–H groups in total. The monoisotopic (exact) mass is 381 g/mol. The molecule has 0 unspecified atom stereocenters.